The van der Waals surface area contributed by atoms with Crippen LogP contribution in [0.4, 0.5) is 0 Å². The molecule has 1 aliphatic heterocycles. The Bertz CT molecular complexity index is 967. The summed E-state index contributed by atoms with van der Waals surface area (Å²) in [6.45, 7) is 4.14. The molecule has 0 aliphatic carbocycles. The lowest BCUT2D eigenvalue weighted by atomic mass is 10.1. The van der Waals surface area contributed by atoms with Crippen LogP contribution in [0.1, 0.15) is 36.8 Å². The van der Waals surface area contributed by atoms with Gasteiger partial charge < -0.3 is 9.64 Å². The number of para-hydroxylation sites is 1. The van der Waals surface area contributed by atoms with Crippen molar-refractivity contribution in [2.45, 2.75) is 43.9 Å². The molecule has 0 saturated carbocycles. The molecule has 3 rings (SSSR count). The van der Waals surface area contributed by atoms with Crippen LogP contribution in [0.15, 0.2) is 53.4 Å². The number of hydrogen-bond acceptors (Lipinski definition) is 4. The molecule has 0 aromatic heterocycles. The first-order chi connectivity index (χ1) is 14.9. The summed E-state index contributed by atoms with van der Waals surface area (Å²) in [5, 5.41) is 0. The summed E-state index contributed by atoms with van der Waals surface area (Å²) in [5.41, 5.74) is 2.03. The van der Waals surface area contributed by atoms with Crippen molar-refractivity contribution in [2.75, 3.05) is 33.3 Å². The fourth-order valence-electron chi connectivity index (χ4n) is 3.66. The first kappa shape index (κ1) is 23.3. The Balaban J connectivity index is 1.45. The molecule has 0 radical (unpaired) electrons. The fourth-order valence-corrected chi connectivity index (χ4v) is 5.18. The van der Waals surface area contributed by atoms with Crippen molar-refractivity contribution in [3.8, 4) is 5.75 Å². The standard InChI is InChI=1S/C24H32N2O4S/c1-20-8-4-5-9-23(20)30-19-18-25(2)24(27)15-12-21-10-13-22(14-11-21)31(28,29)26-16-6-3-7-17-26/h4-5,8-11,13-14H,3,6-7,12,15-19H2,1-2H3. The smallest absolute Gasteiger partial charge is 0.243 e. The van der Waals surface area contributed by atoms with Gasteiger partial charge in [-0.25, -0.2) is 8.42 Å². The highest BCUT2D eigenvalue weighted by atomic mass is 32.2. The third kappa shape index (κ3) is 6.31. The van der Waals surface area contributed by atoms with Crippen LogP contribution in [0, 0.1) is 6.92 Å². The first-order valence-corrected chi connectivity index (χ1v) is 12.3. The van der Waals surface area contributed by atoms with Gasteiger partial charge in [-0.05, 0) is 55.5 Å². The van der Waals surface area contributed by atoms with Crippen LogP contribution in [-0.4, -0.2) is 56.8 Å². The lowest BCUT2D eigenvalue weighted by molar-refractivity contribution is -0.130. The average Bonchev–Trinajstić information content (AvgIpc) is 2.79. The van der Waals surface area contributed by atoms with Gasteiger partial charge in [0.15, 0.2) is 0 Å². The maximum atomic E-state index is 12.7. The highest BCUT2D eigenvalue weighted by Gasteiger charge is 2.25. The van der Waals surface area contributed by atoms with E-state index in [-0.39, 0.29) is 5.91 Å². The number of piperidine rings is 1. The molecule has 0 atom stereocenters. The number of aryl methyl sites for hydroxylation is 2. The van der Waals surface area contributed by atoms with E-state index in [1.807, 2.05) is 43.3 Å². The molecule has 2 aromatic rings. The van der Waals surface area contributed by atoms with E-state index in [2.05, 4.69) is 0 Å². The molecule has 0 unspecified atom stereocenters. The Morgan fingerprint density at radius 2 is 1.71 bits per heavy atom. The van der Waals surface area contributed by atoms with E-state index in [9.17, 15) is 13.2 Å². The third-order valence-electron chi connectivity index (χ3n) is 5.71. The number of benzene rings is 2. The monoisotopic (exact) mass is 444 g/mol. The summed E-state index contributed by atoms with van der Waals surface area (Å²) in [5.74, 6) is 0.876. The molecule has 168 valence electrons. The van der Waals surface area contributed by atoms with Crippen molar-refractivity contribution < 1.29 is 17.9 Å². The number of nitrogens with zero attached hydrogens (tertiary/aromatic N) is 2. The van der Waals surface area contributed by atoms with Crippen LogP contribution in [-0.2, 0) is 21.2 Å². The van der Waals surface area contributed by atoms with E-state index in [1.165, 1.54) is 0 Å². The van der Waals surface area contributed by atoms with Gasteiger partial charge in [0.1, 0.15) is 12.4 Å². The van der Waals surface area contributed by atoms with Gasteiger partial charge in [0, 0.05) is 26.6 Å². The van der Waals surface area contributed by atoms with Crippen molar-refractivity contribution >= 4 is 15.9 Å². The van der Waals surface area contributed by atoms with E-state index in [1.54, 1.807) is 28.4 Å². The van der Waals surface area contributed by atoms with Crippen LogP contribution < -0.4 is 4.74 Å². The lowest BCUT2D eigenvalue weighted by Gasteiger charge is -2.25. The second-order valence-corrected chi connectivity index (χ2v) is 9.98. The van der Waals surface area contributed by atoms with Gasteiger partial charge in [-0.1, -0.05) is 36.8 Å². The minimum atomic E-state index is -3.42. The van der Waals surface area contributed by atoms with Crippen molar-refractivity contribution in [1.29, 1.82) is 0 Å². The molecule has 1 heterocycles. The summed E-state index contributed by atoms with van der Waals surface area (Å²) < 4.78 is 32.8. The highest BCUT2D eigenvalue weighted by molar-refractivity contribution is 7.89. The molecule has 31 heavy (non-hydrogen) atoms. The summed E-state index contributed by atoms with van der Waals surface area (Å²) in [6.07, 6.45) is 3.88. The lowest BCUT2D eigenvalue weighted by Crippen LogP contribution is -2.35. The number of ether oxygens (including phenoxy) is 1. The van der Waals surface area contributed by atoms with Gasteiger partial charge in [0.05, 0.1) is 11.4 Å². The minimum Gasteiger partial charge on any atom is -0.491 e. The van der Waals surface area contributed by atoms with Crippen molar-refractivity contribution in [3.63, 3.8) is 0 Å². The molecule has 1 saturated heterocycles. The maximum Gasteiger partial charge on any atom is 0.243 e. The number of amides is 1. The number of rotatable bonds is 9. The molecule has 0 N–H and O–H groups in total. The van der Waals surface area contributed by atoms with Gasteiger partial charge in [-0.2, -0.15) is 4.31 Å². The van der Waals surface area contributed by atoms with Crippen molar-refractivity contribution in [2.24, 2.45) is 0 Å². The van der Waals surface area contributed by atoms with E-state index < -0.39 is 10.0 Å². The second-order valence-electron chi connectivity index (χ2n) is 8.04. The van der Waals surface area contributed by atoms with E-state index >= 15 is 0 Å². The zero-order chi connectivity index (χ0) is 22.3. The largest absolute Gasteiger partial charge is 0.491 e. The van der Waals surface area contributed by atoms with Crippen LogP contribution in [0.2, 0.25) is 0 Å². The van der Waals surface area contributed by atoms with Crippen molar-refractivity contribution in [3.05, 3.63) is 59.7 Å². The molecule has 1 amide bonds. The molecule has 0 spiro atoms. The van der Waals surface area contributed by atoms with Crippen LogP contribution >= 0.6 is 0 Å². The molecule has 0 bridgehead atoms. The molecular formula is C24H32N2O4S. The summed E-state index contributed by atoms with van der Waals surface area (Å²) in [6, 6.07) is 14.7. The summed E-state index contributed by atoms with van der Waals surface area (Å²) >= 11 is 0. The zero-order valence-electron chi connectivity index (χ0n) is 18.4. The van der Waals surface area contributed by atoms with Gasteiger partial charge >= 0.3 is 0 Å². The van der Waals surface area contributed by atoms with Crippen molar-refractivity contribution in [1.82, 2.24) is 9.21 Å². The Morgan fingerprint density at radius 3 is 2.39 bits per heavy atom. The molecule has 1 fully saturated rings. The highest BCUT2D eigenvalue weighted by Crippen LogP contribution is 2.21. The van der Waals surface area contributed by atoms with E-state index in [4.69, 9.17) is 4.74 Å². The minimum absolute atomic E-state index is 0.0402. The summed E-state index contributed by atoms with van der Waals surface area (Å²) in [4.78, 5) is 14.4. The first-order valence-electron chi connectivity index (χ1n) is 10.9. The quantitative estimate of drug-likeness (QED) is 0.592. The molecule has 2 aromatic carbocycles. The Morgan fingerprint density at radius 1 is 1.03 bits per heavy atom. The van der Waals surface area contributed by atoms with Gasteiger partial charge in [-0.3, -0.25) is 4.79 Å². The average molecular weight is 445 g/mol. The molecular weight excluding hydrogens is 412 g/mol. The Kier molecular flexibility index (Phi) is 8.09. The number of carbonyl (C=O) groups is 1. The zero-order valence-corrected chi connectivity index (χ0v) is 19.2. The van der Waals surface area contributed by atoms with Gasteiger partial charge in [-0.15, -0.1) is 0 Å². The maximum absolute atomic E-state index is 12.7. The van der Waals surface area contributed by atoms with E-state index in [0.29, 0.717) is 44.0 Å². The van der Waals surface area contributed by atoms with E-state index in [0.717, 1.165) is 36.1 Å². The predicted molar refractivity (Wildman–Crippen MR) is 122 cm³/mol. The number of sulfonamides is 1. The second kappa shape index (κ2) is 10.8. The number of hydrogen-bond donors (Lipinski definition) is 0. The van der Waals surface area contributed by atoms with Crippen LogP contribution in [0.3, 0.4) is 0 Å². The fraction of sp³-hybridized carbons (Fsp3) is 0.458. The van der Waals surface area contributed by atoms with Crippen LogP contribution in [0.25, 0.3) is 0 Å². The Hall–Kier alpha value is -2.38. The van der Waals surface area contributed by atoms with Gasteiger partial charge in [0.2, 0.25) is 15.9 Å². The number of likely N-dealkylation sites (N-methyl/N-ethyl adjacent to an activating group) is 1. The van der Waals surface area contributed by atoms with Crippen LogP contribution in [0.5, 0.6) is 5.75 Å². The van der Waals surface area contributed by atoms with Gasteiger partial charge in [0.25, 0.3) is 0 Å². The summed E-state index contributed by atoms with van der Waals surface area (Å²) in [7, 11) is -1.64. The topological polar surface area (TPSA) is 66.9 Å². The Labute approximate surface area is 185 Å². The third-order valence-corrected chi connectivity index (χ3v) is 7.62. The molecule has 1 aliphatic rings. The molecule has 7 heteroatoms. The normalized spacial score (nSPS) is 14.9. The number of carbonyl (C=O) groups excluding carboxylic acids is 1. The SMILES string of the molecule is Cc1ccccc1OCCN(C)C(=O)CCc1ccc(S(=O)(=O)N2CCCCC2)cc1. The molecule has 6 nitrogen and oxygen atoms in total. The predicted octanol–water partition coefficient (Wildman–Crippen LogP) is 3.64.